The van der Waals surface area contributed by atoms with Crippen molar-refractivity contribution in [3.63, 3.8) is 0 Å². The molecule has 0 radical (unpaired) electrons. The number of imidazole rings is 1. The van der Waals surface area contributed by atoms with Crippen LogP contribution in [0.4, 0.5) is 0 Å². The van der Waals surface area contributed by atoms with Gasteiger partial charge in [0.1, 0.15) is 5.82 Å². The van der Waals surface area contributed by atoms with E-state index in [-0.39, 0.29) is 0 Å². The first kappa shape index (κ1) is 14.7. The Morgan fingerprint density at radius 2 is 1.81 bits per heavy atom. The molecule has 1 heterocycles. The molecule has 1 aromatic heterocycles. The molecular formula is C14H24N2. The zero-order valence-electron chi connectivity index (χ0n) is 11.4. The minimum atomic E-state index is 0.498. The highest BCUT2D eigenvalue weighted by Gasteiger charge is 2.08. The fourth-order valence-electron chi connectivity index (χ4n) is 1.40. The van der Waals surface area contributed by atoms with E-state index in [0.717, 1.165) is 5.82 Å². The van der Waals surface area contributed by atoms with Gasteiger partial charge in [-0.15, -0.1) is 0 Å². The molecule has 0 aliphatic carbocycles. The predicted molar refractivity (Wildman–Crippen MR) is 73.4 cm³/mol. The molecule has 0 aromatic carbocycles. The lowest BCUT2D eigenvalue weighted by atomic mass is 10.1. The molecular weight excluding hydrogens is 196 g/mol. The van der Waals surface area contributed by atoms with Gasteiger partial charge in [-0.05, 0) is 25.8 Å². The lowest BCUT2D eigenvalue weighted by Gasteiger charge is -2.07. The number of hydrogen-bond donors (Lipinski definition) is 0. The third-order valence-electron chi connectivity index (χ3n) is 2.06. The third-order valence-corrected chi connectivity index (χ3v) is 2.06. The van der Waals surface area contributed by atoms with Crippen molar-refractivity contribution >= 4 is 12.3 Å². The summed E-state index contributed by atoms with van der Waals surface area (Å²) < 4.78 is 2.13. The Hall–Kier alpha value is -1.31. The summed E-state index contributed by atoms with van der Waals surface area (Å²) in [7, 11) is 0. The van der Waals surface area contributed by atoms with Crippen LogP contribution in [0.25, 0.3) is 12.3 Å². The van der Waals surface area contributed by atoms with Crippen molar-refractivity contribution in [2.45, 2.75) is 47.5 Å². The van der Waals surface area contributed by atoms with E-state index in [9.17, 15) is 0 Å². The summed E-state index contributed by atoms with van der Waals surface area (Å²) in [4.78, 5) is 4.37. The van der Waals surface area contributed by atoms with Crippen molar-refractivity contribution < 1.29 is 0 Å². The molecule has 0 spiro atoms. The van der Waals surface area contributed by atoms with Crippen LogP contribution >= 0.6 is 0 Å². The van der Waals surface area contributed by atoms with Gasteiger partial charge in [0.25, 0.3) is 0 Å². The highest BCUT2D eigenvalue weighted by atomic mass is 15.1. The van der Waals surface area contributed by atoms with Crippen molar-refractivity contribution in [2.75, 3.05) is 0 Å². The van der Waals surface area contributed by atoms with Gasteiger partial charge in [0.2, 0.25) is 0 Å². The lowest BCUT2D eigenvalue weighted by molar-refractivity contribution is 0.799. The monoisotopic (exact) mass is 220 g/mol. The highest BCUT2D eigenvalue weighted by Crippen LogP contribution is 2.17. The van der Waals surface area contributed by atoms with Crippen LogP contribution in [0.5, 0.6) is 0 Å². The van der Waals surface area contributed by atoms with Gasteiger partial charge in [-0.25, -0.2) is 4.98 Å². The molecule has 0 bridgehead atoms. The van der Waals surface area contributed by atoms with E-state index in [0.29, 0.717) is 5.92 Å². The summed E-state index contributed by atoms with van der Waals surface area (Å²) in [6, 6.07) is 0. The van der Waals surface area contributed by atoms with Crippen LogP contribution < -0.4 is 0 Å². The van der Waals surface area contributed by atoms with Crippen LogP contribution in [0.2, 0.25) is 0 Å². The van der Waals surface area contributed by atoms with E-state index in [1.54, 1.807) is 0 Å². The Morgan fingerprint density at radius 1 is 1.19 bits per heavy atom. The van der Waals surface area contributed by atoms with E-state index < -0.39 is 0 Å². The first-order valence-electron chi connectivity index (χ1n) is 6.03. The van der Waals surface area contributed by atoms with Gasteiger partial charge >= 0.3 is 0 Å². The summed E-state index contributed by atoms with van der Waals surface area (Å²) in [5, 5.41) is 0. The predicted octanol–water partition coefficient (Wildman–Crippen LogP) is 4.56. The van der Waals surface area contributed by atoms with Gasteiger partial charge in [-0.3, -0.25) is 0 Å². The van der Waals surface area contributed by atoms with Crippen LogP contribution in [-0.4, -0.2) is 9.55 Å². The van der Waals surface area contributed by atoms with Crippen LogP contribution in [0, 0.1) is 0 Å². The largest absolute Gasteiger partial charge is 0.304 e. The fourth-order valence-corrected chi connectivity index (χ4v) is 1.40. The van der Waals surface area contributed by atoms with Gasteiger partial charge in [0.05, 0.1) is 0 Å². The second kappa shape index (κ2) is 7.91. The quantitative estimate of drug-likeness (QED) is 0.730. The van der Waals surface area contributed by atoms with E-state index in [1.807, 2.05) is 52.1 Å². The summed E-state index contributed by atoms with van der Waals surface area (Å²) >= 11 is 0. The molecule has 1 rings (SSSR count). The maximum absolute atomic E-state index is 4.37. The van der Waals surface area contributed by atoms with Crippen molar-refractivity contribution in [1.82, 2.24) is 9.55 Å². The van der Waals surface area contributed by atoms with Crippen LogP contribution in [0.1, 0.15) is 59.0 Å². The number of allylic oxidation sites excluding steroid dienone is 2. The zero-order valence-corrected chi connectivity index (χ0v) is 11.4. The summed E-state index contributed by atoms with van der Waals surface area (Å²) in [6.45, 7) is 12.4. The molecule has 0 N–H and O–H groups in total. The SMILES string of the molecule is C/C=C\c1ncc(C(C)C)n1/C=C\C.CC. The van der Waals surface area contributed by atoms with E-state index in [1.165, 1.54) is 5.69 Å². The fraction of sp³-hybridized carbons (Fsp3) is 0.500. The van der Waals surface area contributed by atoms with Crippen molar-refractivity contribution in [3.05, 3.63) is 29.9 Å². The standard InChI is InChI=1S/C12H18N2.C2H6/c1-5-7-12-13-9-11(10(3)4)14(12)8-6-2;1-2/h5-10H,1-4H3;1-2H3/b7-5-,8-6-;. The molecule has 0 unspecified atom stereocenters. The van der Waals surface area contributed by atoms with E-state index in [4.69, 9.17) is 0 Å². The lowest BCUT2D eigenvalue weighted by Crippen LogP contribution is -1.98. The molecule has 0 saturated carbocycles. The first-order chi connectivity index (χ1) is 7.70. The molecule has 16 heavy (non-hydrogen) atoms. The Kier molecular flexibility index (Phi) is 7.27. The van der Waals surface area contributed by atoms with E-state index in [2.05, 4.69) is 29.6 Å². The maximum Gasteiger partial charge on any atom is 0.136 e. The number of nitrogens with zero attached hydrogens (tertiary/aromatic N) is 2. The average Bonchev–Trinajstić information content (AvgIpc) is 2.66. The van der Waals surface area contributed by atoms with Gasteiger partial charge in [0.15, 0.2) is 0 Å². The minimum absolute atomic E-state index is 0.498. The summed E-state index contributed by atoms with van der Waals surface area (Å²) in [5.74, 6) is 1.49. The molecule has 2 nitrogen and oxygen atoms in total. The van der Waals surface area contributed by atoms with Gasteiger partial charge in [0, 0.05) is 18.1 Å². The van der Waals surface area contributed by atoms with Crippen molar-refractivity contribution in [1.29, 1.82) is 0 Å². The van der Waals surface area contributed by atoms with Crippen LogP contribution in [0.3, 0.4) is 0 Å². The van der Waals surface area contributed by atoms with Gasteiger partial charge in [-0.1, -0.05) is 39.8 Å². The molecule has 0 atom stereocenters. The molecule has 1 aromatic rings. The molecule has 90 valence electrons. The zero-order chi connectivity index (χ0) is 12.6. The summed E-state index contributed by atoms with van der Waals surface area (Å²) in [5.41, 5.74) is 1.25. The van der Waals surface area contributed by atoms with Crippen molar-refractivity contribution in [2.24, 2.45) is 0 Å². The molecule has 0 amide bonds. The third kappa shape index (κ3) is 3.69. The molecule has 2 heteroatoms. The smallest absolute Gasteiger partial charge is 0.136 e. The van der Waals surface area contributed by atoms with Crippen LogP contribution in [-0.2, 0) is 0 Å². The Balaban J connectivity index is 0.00000106. The Labute approximate surface area is 99.7 Å². The molecule has 0 aliphatic rings. The van der Waals surface area contributed by atoms with Gasteiger partial charge in [-0.2, -0.15) is 0 Å². The Morgan fingerprint density at radius 3 is 2.25 bits per heavy atom. The molecule has 0 fully saturated rings. The highest BCUT2D eigenvalue weighted by molar-refractivity contribution is 5.46. The average molecular weight is 220 g/mol. The topological polar surface area (TPSA) is 17.8 Å². The Bertz CT molecular complexity index is 344. The molecule has 0 saturated heterocycles. The second-order valence-corrected chi connectivity index (χ2v) is 3.55. The summed E-state index contributed by atoms with van der Waals surface area (Å²) in [6.07, 6.45) is 10.1. The number of rotatable bonds is 3. The normalized spacial score (nSPS) is 11.2. The second-order valence-electron chi connectivity index (χ2n) is 3.55. The maximum atomic E-state index is 4.37. The molecule has 0 aliphatic heterocycles. The number of aromatic nitrogens is 2. The van der Waals surface area contributed by atoms with E-state index >= 15 is 0 Å². The van der Waals surface area contributed by atoms with Gasteiger partial charge < -0.3 is 4.57 Å². The van der Waals surface area contributed by atoms with Crippen molar-refractivity contribution in [3.8, 4) is 0 Å². The number of hydrogen-bond acceptors (Lipinski definition) is 1. The first-order valence-corrected chi connectivity index (χ1v) is 6.03. The minimum Gasteiger partial charge on any atom is -0.304 e. The van der Waals surface area contributed by atoms with Crippen LogP contribution in [0.15, 0.2) is 18.3 Å².